The summed E-state index contributed by atoms with van der Waals surface area (Å²) in [6, 6.07) is 26.1. The number of carbonyl (C=O) groups is 1. The predicted molar refractivity (Wildman–Crippen MR) is 119 cm³/mol. The SMILES string of the molecule is CN(C(=S)NC(=O)c1cccc(OCCOc2ccccc2)c1)c1ccccc1. The number of hydrogen-bond donors (Lipinski definition) is 1. The van der Waals surface area contributed by atoms with Crippen molar-refractivity contribution in [1.82, 2.24) is 5.32 Å². The number of rotatable bonds is 7. The molecular weight excluding hydrogens is 384 g/mol. The number of thiocarbonyl (C=S) groups is 1. The van der Waals surface area contributed by atoms with Crippen molar-refractivity contribution in [2.75, 3.05) is 25.2 Å². The van der Waals surface area contributed by atoms with Gasteiger partial charge in [-0.05, 0) is 54.7 Å². The summed E-state index contributed by atoms with van der Waals surface area (Å²) < 4.78 is 11.3. The molecule has 5 nitrogen and oxygen atoms in total. The van der Waals surface area contributed by atoms with Gasteiger partial charge in [-0.3, -0.25) is 10.1 Å². The lowest BCUT2D eigenvalue weighted by molar-refractivity contribution is 0.0976. The Morgan fingerprint density at radius 1 is 0.862 bits per heavy atom. The van der Waals surface area contributed by atoms with Gasteiger partial charge in [-0.25, -0.2) is 0 Å². The molecule has 0 aromatic heterocycles. The summed E-state index contributed by atoms with van der Waals surface area (Å²) in [7, 11) is 1.81. The molecule has 0 saturated carbocycles. The van der Waals surface area contributed by atoms with E-state index in [-0.39, 0.29) is 5.91 Å². The fraction of sp³-hybridized carbons (Fsp3) is 0.130. The van der Waals surface area contributed by atoms with E-state index >= 15 is 0 Å². The predicted octanol–water partition coefficient (Wildman–Crippen LogP) is 4.30. The molecule has 3 rings (SSSR count). The number of benzene rings is 3. The van der Waals surface area contributed by atoms with E-state index in [1.165, 1.54) is 0 Å². The molecule has 0 aliphatic carbocycles. The Hall–Kier alpha value is -3.38. The molecule has 148 valence electrons. The summed E-state index contributed by atoms with van der Waals surface area (Å²) in [5.41, 5.74) is 1.36. The van der Waals surface area contributed by atoms with Gasteiger partial charge in [0, 0.05) is 18.3 Å². The molecule has 0 aliphatic rings. The van der Waals surface area contributed by atoms with Crippen molar-refractivity contribution >= 4 is 28.9 Å². The van der Waals surface area contributed by atoms with Crippen molar-refractivity contribution in [1.29, 1.82) is 0 Å². The van der Waals surface area contributed by atoms with Crippen molar-refractivity contribution < 1.29 is 14.3 Å². The highest BCUT2D eigenvalue weighted by Crippen LogP contribution is 2.15. The molecule has 0 radical (unpaired) electrons. The Bertz CT molecular complexity index is 949. The molecule has 0 heterocycles. The number of nitrogens with zero attached hydrogens (tertiary/aromatic N) is 1. The number of hydrogen-bond acceptors (Lipinski definition) is 4. The van der Waals surface area contributed by atoms with Crippen LogP contribution in [0.1, 0.15) is 10.4 Å². The van der Waals surface area contributed by atoms with Crippen LogP contribution >= 0.6 is 12.2 Å². The molecule has 1 amide bonds. The molecule has 6 heteroatoms. The summed E-state index contributed by atoms with van der Waals surface area (Å²) in [5.74, 6) is 1.10. The van der Waals surface area contributed by atoms with E-state index in [9.17, 15) is 4.79 Å². The Kier molecular flexibility index (Phi) is 7.19. The molecule has 3 aromatic rings. The normalized spacial score (nSPS) is 10.1. The molecule has 0 saturated heterocycles. The first-order valence-electron chi connectivity index (χ1n) is 9.18. The fourth-order valence-electron chi connectivity index (χ4n) is 2.58. The first-order chi connectivity index (χ1) is 14.1. The van der Waals surface area contributed by atoms with Gasteiger partial charge in [-0.1, -0.05) is 42.5 Å². The molecule has 1 N–H and O–H groups in total. The molecular formula is C23H22N2O3S. The van der Waals surface area contributed by atoms with Crippen LogP contribution in [0.5, 0.6) is 11.5 Å². The third kappa shape index (κ3) is 6.05. The van der Waals surface area contributed by atoms with Crippen LogP contribution in [-0.4, -0.2) is 31.3 Å². The lowest BCUT2D eigenvalue weighted by Gasteiger charge is -2.20. The van der Waals surface area contributed by atoms with Gasteiger partial charge in [0.1, 0.15) is 24.7 Å². The molecule has 0 spiro atoms. The largest absolute Gasteiger partial charge is 0.490 e. The third-order valence-electron chi connectivity index (χ3n) is 4.13. The monoisotopic (exact) mass is 406 g/mol. The highest BCUT2D eigenvalue weighted by Gasteiger charge is 2.12. The van der Waals surface area contributed by atoms with Crippen molar-refractivity contribution in [3.8, 4) is 11.5 Å². The van der Waals surface area contributed by atoms with Gasteiger partial charge in [0.05, 0.1) is 0 Å². The number of carbonyl (C=O) groups excluding carboxylic acids is 1. The summed E-state index contributed by atoms with van der Waals surface area (Å²) in [6.45, 7) is 0.779. The lowest BCUT2D eigenvalue weighted by Crippen LogP contribution is -2.40. The number of anilines is 1. The van der Waals surface area contributed by atoms with Crippen LogP contribution in [0.3, 0.4) is 0 Å². The highest BCUT2D eigenvalue weighted by molar-refractivity contribution is 7.80. The fourth-order valence-corrected chi connectivity index (χ4v) is 2.78. The van der Waals surface area contributed by atoms with Crippen molar-refractivity contribution in [2.45, 2.75) is 0 Å². The van der Waals surface area contributed by atoms with Crippen LogP contribution in [0.25, 0.3) is 0 Å². The highest BCUT2D eigenvalue weighted by atomic mass is 32.1. The Labute approximate surface area is 175 Å². The van der Waals surface area contributed by atoms with Gasteiger partial charge >= 0.3 is 0 Å². The number of amides is 1. The average Bonchev–Trinajstić information content (AvgIpc) is 2.77. The molecule has 29 heavy (non-hydrogen) atoms. The second kappa shape index (κ2) is 10.2. The third-order valence-corrected chi connectivity index (χ3v) is 4.50. The summed E-state index contributed by atoms with van der Waals surface area (Å²) in [6.07, 6.45) is 0. The van der Waals surface area contributed by atoms with Gasteiger partial charge in [0.2, 0.25) is 0 Å². The Morgan fingerprint density at radius 2 is 1.45 bits per heavy atom. The van der Waals surface area contributed by atoms with Gasteiger partial charge < -0.3 is 14.4 Å². The van der Waals surface area contributed by atoms with E-state index in [4.69, 9.17) is 21.7 Å². The minimum atomic E-state index is -0.288. The number of para-hydroxylation sites is 2. The van der Waals surface area contributed by atoms with Crippen LogP contribution in [-0.2, 0) is 0 Å². The smallest absolute Gasteiger partial charge is 0.257 e. The second-order valence-corrected chi connectivity index (χ2v) is 6.58. The molecule has 0 bridgehead atoms. The van der Waals surface area contributed by atoms with Gasteiger partial charge in [0.15, 0.2) is 5.11 Å². The van der Waals surface area contributed by atoms with Crippen LogP contribution in [0.2, 0.25) is 0 Å². The van der Waals surface area contributed by atoms with E-state index < -0.39 is 0 Å². The summed E-state index contributed by atoms with van der Waals surface area (Å²) in [4.78, 5) is 14.3. The van der Waals surface area contributed by atoms with Crippen LogP contribution in [0, 0.1) is 0 Å². The Balaban J connectivity index is 1.51. The maximum absolute atomic E-state index is 12.6. The lowest BCUT2D eigenvalue weighted by atomic mass is 10.2. The Morgan fingerprint density at radius 3 is 2.14 bits per heavy atom. The number of ether oxygens (including phenoxy) is 2. The quantitative estimate of drug-likeness (QED) is 0.468. The zero-order chi connectivity index (χ0) is 20.5. The average molecular weight is 407 g/mol. The standard InChI is InChI=1S/C23H22N2O3S/c1-25(19-10-4-2-5-11-19)23(29)24-22(26)18-9-8-14-21(17-18)28-16-15-27-20-12-6-3-7-13-20/h2-14,17H,15-16H2,1H3,(H,24,26,29). The topological polar surface area (TPSA) is 50.8 Å². The maximum atomic E-state index is 12.6. The second-order valence-electron chi connectivity index (χ2n) is 6.19. The molecule has 0 fully saturated rings. The van der Waals surface area contributed by atoms with E-state index in [1.807, 2.05) is 67.7 Å². The minimum Gasteiger partial charge on any atom is -0.490 e. The van der Waals surface area contributed by atoms with Crippen molar-refractivity contribution in [2.24, 2.45) is 0 Å². The molecule has 0 aliphatic heterocycles. The van der Waals surface area contributed by atoms with Gasteiger partial charge in [0.25, 0.3) is 5.91 Å². The first-order valence-corrected chi connectivity index (χ1v) is 9.59. The number of nitrogens with one attached hydrogen (secondary N) is 1. The maximum Gasteiger partial charge on any atom is 0.257 e. The molecule has 0 unspecified atom stereocenters. The van der Waals surface area contributed by atoms with Crippen LogP contribution in [0.4, 0.5) is 5.69 Å². The van der Waals surface area contributed by atoms with E-state index in [0.29, 0.717) is 29.6 Å². The van der Waals surface area contributed by atoms with Crippen molar-refractivity contribution in [3.63, 3.8) is 0 Å². The first kappa shape index (κ1) is 20.4. The minimum absolute atomic E-state index is 0.288. The zero-order valence-electron chi connectivity index (χ0n) is 16.1. The van der Waals surface area contributed by atoms with E-state index in [2.05, 4.69) is 5.32 Å². The summed E-state index contributed by atoms with van der Waals surface area (Å²) in [5, 5.41) is 3.07. The van der Waals surface area contributed by atoms with Crippen LogP contribution < -0.4 is 19.7 Å². The van der Waals surface area contributed by atoms with E-state index in [1.54, 1.807) is 29.2 Å². The molecule has 0 atom stereocenters. The summed E-state index contributed by atoms with van der Waals surface area (Å²) >= 11 is 5.35. The van der Waals surface area contributed by atoms with Crippen LogP contribution in [0.15, 0.2) is 84.9 Å². The van der Waals surface area contributed by atoms with E-state index in [0.717, 1.165) is 11.4 Å². The molecule has 3 aromatic carbocycles. The van der Waals surface area contributed by atoms with Crippen molar-refractivity contribution in [3.05, 3.63) is 90.5 Å². The zero-order valence-corrected chi connectivity index (χ0v) is 16.9. The van der Waals surface area contributed by atoms with Gasteiger partial charge in [-0.15, -0.1) is 0 Å². The van der Waals surface area contributed by atoms with Gasteiger partial charge in [-0.2, -0.15) is 0 Å².